The maximum Gasteiger partial charge on any atom is 0.490 e. The first-order chi connectivity index (χ1) is 13.4. The molecule has 0 saturated carbocycles. The molecule has 0 aliphatic carbocycles. The molecule has 2 fully saturated rings. The third-order valence-corrected chi connectivity index (χ3v) is 6.61. The predicted octanol–water partition coefficient (Wildman–Crippen LogP) is 1.80. The zero-order valence-electron chi connectivity index (χ0n) is 15.6. The molecule has 0 amide bonds. The van der Waals surface area contributed by atoms with E-state index in [9.17, 15) is 26.0 Å². The van der Waals surface area contributed by atoms with Crippen molar-refractivity contribution in [3.05, 3.63) is 30.1 Å². The van der Waals surface area contributed by atoms with E-state index in [0.29, 0.717) is 25.6 Å². The average molecular weight is 442 g/mol. The summed E-state index contributed by atoms with van der Waals surface area (Å²) in [7, 11) is -1.75. The van der Waals surface area contributed by atoms with Gasteiger partial charge in [0.25, 0.3) is 0 Å². The highest BCUT2D eigenvalue weighted by Crippen LogP contribution is 2.28. The van der Waals surface area contributed by atoms with E-state index >= 15 is 0 Å². The summed E-state index contributed by atoms with van der Waals surface area (Å²) in [4.78, 5) is 10.9. The lowest BCUT2D eigenvalue weighted by atomic mass is 9.95. The molecular weight excluding hydrogens is 420 g/mol. The summed E-state index contributed by atoms with van der Waals surface area (Å²) in [6, 6.07) is 5.53. The zero-order chi connectivity index (χ0) is 21.8. The standard InChI is InChI=1S/C15H21FN2O3S.C2HF3O2/c1-17-8-9-21-14-11-18(7-6-12(14)10-17)22(19,20)15-5-3-2-4-13(15)16;3-2(4,5)1(6)7/h2-5,12,14H,6-11H2,1H3;(H,6,7)/t12-,14-;/m1./s1. The number of likely N-dealkylation sites (N-methyl/N-ethyl adjacent to an activating group) is 1. The van der Waals surface area contributed by atoms with Crippen molar-refractivity contribution in [1.29, 1.82) is 0 Å². The second kappa shape index (κ2) is 9.37. The molecule has 1 N–H and O–H groups in total. The quantitative estimate of drug-likeness (QED) is 0.703. The van der Waals surface area contributed by atoms with Gasteiger partial charge in [0.15, 0.2) is 0 Å². The summed E-state index contributed by atoms with van der Waals surface area (Å²) < 4.78 is 78.1. The van der Waals surface area contributed by atoms with Gasteiger partial charge in [0.2, 0.25) is 10.0 Å². The number of rotatable bonds is 2. The van der Waals surface area contributed by atoms with Gasteiger partial charge in [-0.25, -0.2) is 17.6 Å². The van der Waals surface area contributed by atoms with E-state index in [4.69, 9.17) is 14.6 Å². The molecule has 3 rings (SSSR count). The van der Waals surface area contributed by atoms with Gasteiger partial charge in [-0.2, -0.15) is 17.5 Å². The van der Waals surface area contributed by atoms with Gasteiger partial charge in [0.05, 0.1) is 12.7 Å². The van der Waals surface area contributed by atoms with Crippen LogP contribution in [-0.4, -0.2) is 80.8 Å². The van der Waals surface area contributed by atoms with Crippen LogP contribution in [0.3, 0.4) is 0 Å². The number of aliphatic carboxylic acids is 1. The van der Waals surface area contributed by atoms with E-state index in [1.165, 1.54) is 22.5 Å². The van der Waals surface area contributed by atoms with Crippen LogP contribution in [0, 0.1) is 11.7 Å². The summed E-state index contributed by atoms with van der Waals surface area (Å²) in [6.45, 7) is 3.08. The highest BCUT2D eigenvalue weighted by atomic mass is 32.2. The van der Waals surface area contributed by atoms with Crippen molar-refractivity contribution in [3.63, 3.8) is 0 Å². The number of sulfonamides is 1. The third-order valence-electron chi connectivity index (χ3n) is 4.71. The first-order valence-electron chi connectivity index (χ1n) is 8.78. The van der Waals surface area contributed by atoms with Crippen LogP contribution in [-0.2, 0) is 19.6 Å². The van der Waals surface area contributed by atoms with Gasteiger partial charge in [-0.15, -0.1) is 0 Å². The first kappa shape index (κ1) is 23.5. The Balaban J connectivity index is 0.000000370. The van der Waals surface area contributed by atoms with Gasteiger partial charge >= 0.3 is 12.1 Å². The molecule has 7 nitrogen and oxygen atoms in total. The first-order valence-corrected chi connectivity index (χ1v) is 10.2. The molecule has 2 atom stereocenters. The van der Waals surface area contributed by atoms with Crippen LogP contribution in [0.4, 0.5) is 17.6 Å². The molecule has 1 aromatic carbocycles. The maximum atomic E-state index is 13.8. The van der Waals surface area contributed by atoms with E-state index in [1.54, 1.807) is 6.07 Å². The number of fused-ring (bicyclic) bond motifs is 1. The molecule has 2 aliphatic rings. The number of benzene rings is 1. The minimum atomic E-state index is -5.08. The second-order valence-corrected chi connectivity index (χ2v) is 8.72. The fourth-order valence-electron chi connectivity index (χ4n) is 3.20. The van der Waals surface area contributed by atoms with Crippen LogP contribution in [0.1, 0.15) is 6.42 Å². The Bertz CT molecular complexity index is 818. The summed E-state index contributed by atoms with van der Waals surface area (Å²) in [5.41, 5.74) is 0. The van der Waals surface area contributed by atoms with Crippen molar-refractivity contribution in [2.75, 3.05) is 39.8 Å². The Labute approximate surface area is 165 Å². The number of hydrogen-bond donors (Lipinski definition) is 1. The minimum absolute atomic E-state index is 0.111. The molecule has 2 aliphatic heterocycles. The Hall–Kier alpha value is -1.76. The zero-order valence-corrected chi connectivity index (χ0v) is 16.4. The SMILES string of the molecule is CN1CCO[C@@H]2CN(S(=O)(=O)c3ccccc3F)CC[C@@H]2C1.O=C(O)C(F)(F)F. The van der Waals surface area contributed by atoms with Gasteiger partial charge in [0.1, 0.15) is 10.7 Å². The van der Waals surface area contributed by atoms with Gasteiger partial charge in [0, 0.05) is 32.1 Å². The molecule has 2 saturated heterocycles. The molecular formula is C17H22F4N2O5S. The number of piperidine rings is 1. The molecule has 0 aromatic heterocycles. The predicted molar refractivity (Wildman–Crippen MR) is 94.2 cm³/mol. The number of carbonyl (C=O) groups is 1. The molecule has 0 spiro atoms. The number of hydrogen-bond acceptors (Lipinski definition) is 5. The maximum absolute atomic E-state index is 13.8. The molecule has 12 heteroatoms. The van der Waals surface area contributed by atoms with E-state index < -0.39 is 28.0 Å². The summed E-state index contributed by atoms with van der Waals surface area (Å²) in [6.07, 6.45) is -4.46. The molecule has 1 aromatic rings. The molecule has 0 radical (unpaired) electrons. The molecule has 164 valence electrons. The van der Waals surface area contributed by atoms with Crippen LogP contribution in [0.2, 0.25) is 0 Å². The lowest BCUT2D eigenvalue weighted by Gasteiger charge is -2.37. The number of ether oxygens (including phenoxy) is 1. The lowest BCUT2D eigenvalue weighted by Crippen LogP contribution is -2.48. The van der Waals surface area contributed by atoms with Crippen LogP contribution in [0.5, 0.6) is 0 Å². The lowest BCUT2D eigenvalue weighted by molar-refractivity contribution is -0.192. The van der Waals surface area contributed by atoms with Crippen LogP contribution in [0.25, 0.3) is 0 Å². The van der Waals surface area contributed by atoms with Crippen LogP contribution in [0.15, 0.2) is 29.2 Å². The molecule has 2 heterocycles. The summed E-state index contributed by atoms with van der Waals surface area (Å²) in [5, 5.41) is 7.12. The summed E-state index contributed by atoms with van der Waals surface area (Å²) >= 11 is 0. The van der Waals surface area contributed by atoms with Crippen LogP contribution < -0.4 is 0 Å². The fourth-order valence-corrected chi connectivity index (χ4v) is 4.73. The highest BCUT2D eigenvalue weighted by molar-refractivity contribution is 7.89. The number of carboxylic acids is 1. The third kappa shape index (κ3) is 6.11. The largest absolute Gasteiger partial charge is 0.490 e. The van der Waals surface area contributed by atoms with Crippen molar-refractivity contribution in [2.24, 2.45) is 5.92 Å². The highest BCUT2D eigenvalue weighted by Gasteiger charge is 2.39. The Kier molecular flexibility index (Phi) is 7.60. The monoisotopic (exact) mass is 442 g/mol. The topological polar surface area (TPSA) is 87.2 Å². The molecule has 0 unspecified atom stereocenters. The van der Waals surface area contributed by atoms with Gasteiger partial charge in [-0.3, -0.25) is 0 Å². The number of carboxylic acid groups (broad SMARTS) is 1. The van der Waals surface area contributed by atoms with Gasteiger partial charge < -0.3 is 14.7 Å². The van der Waals surface area contributed by atoms with Crippen molar-refractivity contribution < 1.29 is 40.6 Å². The smallest absolute Gasteiger partial charge is 0.475 e. The van der Waals surface area contributed by atoms with E-state index in [0.717, 1.165) is 19.5 Å². The van der Waals surface area contributed by atoms with E-state index in [-0.39, 0.29) is 11.0 Å². The molecule has 0 bridgehead atoms. The van der Waals surface area contributed by atoms with Crippen molar-refractivity contribution in [1.82, 2.24) is 9.21 Å². The van der Waals surface area contributed by atoms with E-state index in [1.807, 2.05) is 7.05 Å². The number of nitrogens with zero attached hydrogens (tertiary/aromatic N) is 2. The van der Waals surface area contributed by atoms with Crippen LogP contribution >= 0.6 is 0 Å². The van der Waals surface area contributed by atoms with Crippen molar-refractivity contribution in [2.45, 2.75) is 23.6 Å². The average Bonchev–Trinajstić information content (AvgIpc) is 2.81. The Morgan fingerprint density at radius 2 is 1.83 bits per heavy atom. The minimum Gasteiger partial charge on any atom is -0.475 e. The fraction of sp³-hybridized carbons (Fsp3) is 0.588. The van der Waals surface area contributed by atoms with Gasteiger partial charge in [-0.1, -0.05) is 12.1 Å². The van der Waals surface area contributed by atoms with Gasteiger partial charge in [-0.05, 0) is 25.6 Å². The number of alkyl halides is 3. The Morgan fingerprint density at radius 1 is 1.21 bits per heavy atom. The Morgan fingerprint density at radius 3 is 2.41 bits per heavy atom. The number of halogens is 4. The second-order valence-electron chi connectivity index (χ2n) is 6.82. The molecule has 29 heavy (non-hydrogen) atoms. The van der Waals surface area contributed by atoms with Crippen molar-refractivity contribution >= 4 is 16.0 Å². The normalized spacial score (nSPS) is 24.0. The van der Waals surface area contributed by atoms with E-state index in [2.05, 4.69) is 4.90 Å². The van der Waals surface area contributed by atoms with Crippen molar-refractivity contribution in [3.8, 4) is 0 Å². The summed E-state index contributed by atoms with van der Waals surface area (Å²) in [5.74, 6) is -3.13.